The topological polar surface area (TPSA) is 93.6 Å². The summed E-state index contributed by atoms with van der Waals surface area (Å²) in [5.41, 5.74) is 1.05. The lowest BCUT2D eigenvalue weighted by Gasteiger charge is -2.20. The molecule has 0 aromatic carbocycles. The van der Waals surface area contributed by atoms with Crippen LogP contribution in [0.2, 0.25) is 0 Å². The van der Waals surface area contributed by atoms with Gasteiger partial charge in [-0.05, 0) is 37.3 Å². The molecule has 0 radical (unpaired) electrons. The highest BCUT2D eigenvalue weighted by Gasteiger charge is 2.22. The molecule has 7 nitrogen and oxygen atoms in total. The molecule has 7 heteroatoms. The van der Waals surface area contributed by atoms with Gasteiger partial charge < -0.3 is 5.32 Å². The zero-order valence-electron chi connectivity index (χ0n) is 15.5. The van der Waals surface area contributed by atoms with Gasteiger partial charge in [0.1, 0.15) is 11.6 Å². The Morgan fingerprint density at radius 1 is 1.08 bits per heavy atom. The van der Waals surface area contributed by atoms with Gasteiger partial charge >= 0.3 is 0 Å². The molecule has 2 heterocycles. The minimum absolute atomic E-state index is 0.0365. The van der Waals surface area contributed by atoms with E-state index >= 15 is 0 Å². The number of rotatable bonds is 8. The van der Waals surface area contributed by atoms with E-state index in [0.717, 1.165) is 12.0 Å². The van der Waals surface area contributed by atoms with Crippen LogP contribution in [0.4, 0.5) is 11.8 Å². The van der Waals surface area contributed by atoms with Gasteiger partial charge in [0.25, 0.3) is 5.95 Å². The minimum Gasteiger partial charge on any atom is -0.306 e. The van der Waals surface area contributed by atoms with Gasteiger partial charge in [0.2, 0.25) is 0 Å². The van der Waals surface area contributed by atoms with Crippen molar-refractivity contribution in [2.45, 2.75) is 47.5 Å². The quantitative estimate of drug-likeness (QED) is 0.787. The third-order valence-corrected chi connectivity index (χ3v) is 3.85. The maximum absolute atomic E-state index is 12.5. The van der Waals surface area contributed by atoms with Crippen molar-refractivity contribution in [2.24, 2.45) is 17.8 Å². The maximum atomic E-state index is 12.5. The number of carbonyl (C=O) groups is 1. The van der Waals surface area contributed by atoms with Gasteiger partial charge in [-0.1, -0.05) is 33.8 Å². The number of carbonyl (C=O) groups excluding carboxylic acids is 1. The van der Waals surface area contributed by atoms with Gasteiger partial charge in [0.05, 0.1) is 0 Å². The number of pyridine rings is 1. The molecule has 0 bridgehead atoms. The van der Waals surface area contributed by atoms with Crippen LogP contribution in [0.1, 0.15) is 45.5 Å². The molecule has 25 heavy (non-hydrogen) atoms. The number of nitrogens with one attached hydrogen (secondary N) is 1. The molecule has 0 spiro atoms. The highest BCUT2D eigenvalue weighted by molar-refractivity contribution is 5.83. The van der Waals surface area contributed by atoms with Gasteiger partial charge in [-0.2, -0.15) is 0 Å². The first-order valence-electron chi connectivity index (χ1n) is 8.64. The van der Waals surface area contributed by atoms with Crippen molar-refractivity contribution in [2.75, 3.05) is 5.32 Å². The smallest absolute Gasteiger partial charge is 0.267 e. The molecular formula is C18H26N6O. The molecule has 134 valence electrons. The first-order chi connectivity index (χ1) is 11.8. The third-order valence-electron chi connectivity index (χ3n) is 3.85. The van der Waals surface area contributed by atoms with Crippen LogP contribution >= 0.6 is 0 Å². The number of nitrogens with zero attached hydrogens (tertiary/aromatic N) is 5. The zero-order chi connectivity index (χ0) is 18.4. The van der Waals surface area contributed by atoms with Crippen LogP contribution in [0.25, 0.3) is 0 Å². The Morgan fingerprint density at radius 3 is 2.28 bits per heavy atom. The Hall–Kier alpha value is -2.44. The lowest BCUT2D eigenvalue weighted by Crippen LogP contribution is -2.23. The van der Waals surface area contributed by atoms with Gasteiger partial charge in [-0.15, -0.1) is 20.4 Å². The van der Waals surface area contributed by atoms with Crippen LogP contribution in [-0.2, 0) is 11.2 Å². The average Bonchev–Trinajstić information content (AvgIpc) is 2.57. The molecule has 0 saturated carbocycles. The van der Waals surface area contributed by atoms with Crippen molar-refractivity contribution in [3.8, 4) is 0 Å². The number of hydrogen-bond acceptors (Lipinski definition) is 7. The lowest BCUT2D eigenvalue weighted by atomic mass is 9.84. The maximum Gasteiger partial charge on any atom is 0.267 e. The predicted octanol–water partition coefficient (Wildman–Crippen LogP) is 3.14. The van der Waals surface area contributed by atoms with Gasteiger partial charge in [-0.25, -0.2) is 4.98 Å². The molecule has 1 atom stereocenters. The van der Waals surface area contributed by atoms with Crippen molar-refractivity contribution < 1.29 is 4.79 Å². The van der Waals surface area contributed by atoms with Crippen molar-refractivity contribution in [1.82, 2.24) is 25.4 Å². The first-order valence-corrected chi connectivity index (χ1v) is 8.64. The van der Waals surface area contributed by atoms with E-state index < -0.39 is 0 Å². The molecule has 0 aliphatic carbocycles. The second kappa shape index (κ2) is 8.60. The molecule has 0 amide bonds. The lowest BCUT2D eigenvalue weighted by molar-refractivity contribution is -0.126. The summed E-state index contributed by atoms with van der Waals surface area (Å²) in [5.74, 6) is 2.33. The largest absolute Gasteiger partial charge is 0.306 e. The zero-order valence-corrected chi connectivity index (χ0v) is 15.5. The summed E-state index contributed by atoms with van der Waals surface area (Å²) in [6.45, 7) is 9.95. The normalized spacial score (nSPS) is 12.4. The first kappa shape index (κ1) is 18.9. The van der Waals surface area contributed by atoms with Crippen LogP contribution in [0.5, 0.6) is 0 Å². The number of ketones is 1. The van der Waals surface area contributed by atoms with E-state index in [1.165, 1.54) is 0 Å². The Labute approximate surface area is 148 Å². The van der Waals surface area contributed by atoms with Crippen LogP contribution in [0.3, 0.4) is 0 Å². The van der Waals surface area contributed by atoms with E-state index in [2.05, 4.69) is 44.5 Å². The Balaban J connectivity index is 2.04. The molecule has 2 rings (SSSR count). The number of Topliss-reactive ketones (excluding diaryl/α,β-unsaturated/α-hetero) is 1. The van der Waals surface area contributed by atoms with Crippen molar-refractivity contribution in [3.63, 3.8) is 0 Å². The molecule has 2 aromatic heterocycles. The summed E-state index contributed by atoms with van der Waals surface area (Å²) < 4.78 is 0. The van der Waals surface area contributed by atoms with Crippen molar-refractivity contribution in [3.05, 3.63) is 29.7 Å². The average molecular weight is 342 g/mol. The van der Waals surface area contributed by atoms with E-state index in [-0.39, 0.29) is 11.8 Å². The second-order valence-electron chi connectivity index (χ2n) is 7.04. The molecule has 0 unspecified atom stereocenters. The Kier molecular flexibility index (Phi) is 6.50. The fourth-order valence-electron chi connectivity index (χ4n) is 2.69. The second-order valence-corrected chi connectivity index (χ2v) is 7.04. The van der Waals surface area contributed by atoms with E-state index in [9.17, 15) is 4.79 Å². The highest BCUT2D eigenvalue weighted by Crippen LogP contribution is 2.22. The summed E-state index contributed by atoms with van der Waals surface area (Å²) in [6.07, 6.45) is 3.40. The minimum atomic E-state index is 0.0365. The monoisotopic (exact) mass is 342 g/mol. The van der Waals surface area contributed by atoms with Gasteiger partial charge in [0, 0.05) is 18.0 Å². The van der Waals surface area contributed by atoms with Gasteiger partial charge in [-0.3, -0.25) is 4.79 Å². The summed E-state index contributed by atoms with van der Waals surface area (Å²) >= 11 is 0. The summed E-state index contributed by atoms with van der Waals surface area (Å²) in [7, 11) is 0. The third kappa shape index (κ3) is 5.85. The predicted molar refractivity (Wildman–Crippen MR) is 96.4 cm³/mol. The SMILES string of the molecule is Cc1nnc(Nc2ccc(C[C@H](CC(C)C)C(=O)C(C)C)cn2)nn1. The van der Waals surface area contributed by atoms with Crippen LogP contribution in [0.15, 0.2) is 18.3 Å². The molecule has 1 N–H and O–H groups in total. The van der Waals surface area contributed by atoms with Gasteiger partial charge in [0.15, 0.2) is 5.82 Å². The van der Waals surface area contributed by atoms with E-state index in [0.29, 0.717) is 35.7 Å². The Bertz CT molecular complexity index is 682. The summed E-state index contributed by atoms with van der Waals surface area (Å²) in [4.78, 5) is 16.8. The fraction of sp³-hybridized carbons (Fsp3) is 0.556. The number of aromatic nitrogens is 5. The Morgan fingerprint density at radius 2 is 1.76 bits per heavy atom. The van der Waals surface area contributed by atoms with E-state index in [1.807, 2.05) is 26.0 Å². The standard InChI is InChI=1S/C18H26N6O/c1-11(2)8-15(17(25)12(3)4)9-14-6-7-16(19-10-14)20-18-23-21-13(5)22-24-18/h6-7,10-12,15H,8-9H2,1-5H3,(H,19,20,23,24)/t15-/m0/s1. The van der Waals surface area contributed by atoms with Crippen LogP contribution < -0.4 is 5.32 Å². The number of hydrogen-bond donors (Lipinski definition) is 1. The number of aryl methyl sites for hydroxylation is 1. The molecule has 0 fully saturated rings. The van der Waals surface area contributed by atoms with E-state index in [4.69, 9.17) is 0 Å². The molecular weight excluding hydrogens is 316 g/mol. The van der Waals surface area contributed by atoms with Crippen LogP contribution in [-0.4, -0.2) is 31.2 Å². The van der Waals surface area contributed by atoms with E-state index in [1.54, 1.807) is 13.1 Å². The number of anilines is 2. The van der Waals surface area contributed by atoms with Crippen molar-refractivity contribution >= 4 is 17.5 Å². The summed E-state index contributed by atoms with van der Waals surface area (Å²) in [6, 6.07) is 3.83. The molecule has 0 aliphatic rings. The van der Waals surface area contributed by atoms with Crippen LogP contribution in [0, 0.1) is 24.7 Å². The molecule has 0 aliphatic heterocycles. The highest BCUT2D eigenvalue weighted by atomic mass is 16.1. The summed E-state index contributed by atoms with van der Waals surface area (Å²) in [5, 5.41) is 18.4. The molecule has 2 aromatic rings. The fourth-order valence-corrected chi connectivity index (χ4v) is 2.69. The molecule has 0 saturated heterocycles. The van der Waals surface area contributed by atoms with Crippen molar-refractivity contribution in [1.29, 1.82) is 0 Å².